The highest BCUT2D eigenvalue weighted by Gasteiger charge is 2.14. The van der Waals surface area contributed by atoms with Crippen LogP contribution in [0.15, 0.2) is 64.5 Å². The molecule has 2 heterocycles. The lowest BCUT2D eigenvalue weighted by atomic mass is 10.4. The fourth-order valence-electron chi connectivity index (χ4n) is 2.13. The molecule has 0 fully saturated rings. The van der Waals surface area contributed by atoms with E-state index in [9.17, 15) is 13.2 Å². The summed E-state index contributed by atoms with van der Waals surface area (Å²) in [6.45, 7) is 0.0814. The summed E-state index contributed by atoms with van der Waals surface area (Å²) in [5.74, 6) is 0.460. The standard InChI is InChI=1S/C15H14ClN5O3S/c16-12-3-1-4-13(11-12)25(23,24)18-8-10-21-15(22)6-5-14(19-21)20-9-2-7-17-20/h1-7,9,11,18H,8,10H2. The van der Waals surface area contributed by atoms with Gasteiger partial charge in [0.1, 0.15) is 0 Å². The molecule has 0 atom stereocenters. The SMILES string of the molecule is O=c1ccc(-n2cccn2)nn1CCNS(=O)(=O)c1cccc(Cl)c1. The van der Waals surface area contributed by atoms with Crippen LogP contribution in [0.5, 0.6) is 0 Å². The molecular weight excluding hydrogens is 366 g/mol. The largest absolute Gasteiger partial charge is 0.268 e. The van der Waals surface area contributed by atoms with E-state index in [1.54, 1.807) is 36.7 Å². The third kappa shape index (κ3) is 4.13. The number of nitrogens with one attached hydrogen (secondary N) is 1. The van der Waals surface area contributed by atoms with Gasteiger partial charge in [-0.2, -0.15) is 5.10 Å². The molecule has 1 N–H and O–H groups in total. The Kier molecular flexibility index (Phi) is 4.98. The smallest absolute Gasteiger partial charge is 0.266 e. The molecule has 0 unspecified atom stereocenters. The number of sulfonamides is 1. The van der Waals surface area contributed by atoms with Crippen LogP contribution in [0.25, 0.3) is 5.82 Å². The zero-order valence-corrected chi connectivity index (χ0v) is 14.5. The minimum Gasteiger partial charge on any atom is -0.268 e. The van der Waals surface area contributed by atoms with Crippen molar-refractivity contribution in [3.63, 3.8) is 0 Å². The molecule has 1 aromatic carbocycles. The molecule has 3 aromatic rings. The molecule has 25 heavy (non-hydrogen) atoms. The van der Waals surface area contributed by atoms with Crippen molar-refractivity contribution in [2.24, 2.45) is 0 Å². The summed E-state index contributed by atoms with van der Waals surface area (Å²) in [5.41, 5.74) is -0.335. The fraction of sp³-hybridized carbons (Fsp3) is 0.133. The average Bonchev–Trinajstić information content (AvgIpc) is 3.11. The summed E-state index contributed by atoms with van der Waals surface area (Å²) in [7, 11) is -3.71. The molecule has 0 radical (unpaired) electrons. The Balaban J connectivity index is 1.72. The summed E-state index contributed by atoms with van der Waals surface area (Å²) in [6.07, 6.45) is 3.29. The number of hydrogen-bond acceptors (Lipinski definition) is 5. The summed E-state index contributed by atoms with van der Waals surface area (Å²) < 4.78 is 29.6. The highest BCUT2D eigenvalue weighted by Crippen LogP contribution is 2.14. The molecular formula is C15H14ClN5O3S. The van der Waals surface area contributed by atoms with Gasteiger partial charge in [0.05, 0.1) is 11.4 Å². The van der Waals surface area contributed by atoms with E-state index in [2.05, 4.69) is 14.9 Å². The number of hydrogen-bond donors (Lipinski definition) is 1. The van der Waals surface area contributed by atoms with Crippen molar-refractivity contribution in [1.82, 2.24) is 24.3 Å². The zero-order chi connectivity index (χ0) is 17.9. The molecule has 0 aliphatic rings. The first-order chi connectivity index (χ1) is 12.0. The Morgan fingerprint density at radius 1 is 1.16 bits per heavy atom. The monoisotopic (exact) mass is 379 g/mol. The van der Waals surface area contributed by atoms with Gasteiger partial charge >= 0.3 is 0 Å². The van der Waals surface area contributed by atoms with Gasteiger partial charge in [0.2, 0.25) is 10.0 Å². The van der Waals surface area contributed by atoms with E-state index in [1.807, 2.05) is 0 Å². The van der Waals surface area contributed by atoms with Crippen LogP contribution >= 0.6 is 11.6 Å². The second kappa shape index (κ2) is 7.18. The normalized spacial score (nSPS) is 11.6. The molecule has 3 rings (SSSR count). The average molecular weight is 380 g/mol. The Hall–Kier alpha value is -2.49. The number of benzene rings is 1. The van der Waals surface area contributed by atoms with E-state index in [4.69, 9.17) is 11.6 Å². The molecule has 0 bridgehead atoms. The van der Waals surface area contributed by atoms with Crippen LogP contribution in [0.4, 0.5) is 0 Å². The van der Waals surface area contributed by atoms with Crippen molar-refractivity contribution in [3.05, 3.63) is 70.2 Å². The van der Waals surface area contributed by atoms with Gasteiger partial charge in [-0.15, -0.1) is 5.10 Å². The molecule has 130 valence electrons. The summed E-state index contributed by atoms with van der Waals surface area (Å²) in [5, 5.41) is 8.54. The van der Waals surface area contributed by atoms with Crippen LogP contribution in [0.3, 0.4) is 0 Å². The van der Waals surface area contributed by atoms with Crippen LogP contribution in [-0.4, -0.2) is 34.5 Å². The maximum atomic E-state index is 12.2. The van der Waals surface area contributed by atoms with Gasteiger partial charge in [-0.3, -0.25) is 4.79 Å². The molecule has 2 aromatic heterocycles. The molecule has 10 heteroatoms. The van der Waals surface area contributed by atoms with Crippen molar-refractivity contribution in [2.45, 2.75) is 11.4 Å². The lowest BCUT2D eigenvalue weighted by Gasteiger charge is -2.09. The third-order valence-corrected chi connectivity index (χ3v) is 5.01. The second-order valence-electron chi connectivity index (χ2n) is 5.06. The molecule has 0 aliphatic heterocycles. The number of halogens is 1. The van der Waals surface area contributed by atoms with Crippen LogP contribution in [0.2, 0.25) is 5.02 Å². The minimum atomic E-state index is -3.71. The van der Waals surface area contributed by atoms with Gasteiger partial charge in [-0.25, -0.2) is 22.5 Å². The summed E-state index contributed by atoms with van der Waals surface area (Å²) in [4.78, 5) is 11.9. The Labute approximate surface area is 148 Å². The Morgan fingerprint density at radius 2 is 2.00 bits per heavy atom. The highest BCUT2D eigenvalue weighted by molar-refractivity contribution is 7.89. The van der Waals surface area contributed by atoms with Gasteiger partial charge in [0, 0.05) is 30.0 Å². The first-order valence-corrected chi connectivity index (χ1v) is 9.15. The van der Waals surface area contributed by atoms with Gasteiger partial charge in [0.25, 0.3) is 5.56 Å². The van der Waals surface area contributed by atoms with Crippen molar-refractivity contribution in [2.75, 3.05) is 6.54 Å². The van der Waals surface area contributed by atoms with E-state index < -0.39 is 10.0 Å². The lowest BCUT2D eigenvalue weighted by Crippen LogP contribution is -2.32. The number of aromatic nitrogens is 4. The summed E-state index contributed by atoms with van der Waals surface area (Å²) in [6, 6.07) is 10.6. The fourth-order valence-corrected chi connectivity index (χ4v) is 3.45. The molecule has 0 spiro atoms. The topological polar surface area (TPSA) is 98.9 Å². The number of rotatable bonds is 6. The van der Waals surface area contributed by atoms with E-state index in [-0.39, 0.29) is 23.5 Å². The van der Waals surface area contributed by atoms with Crippen molar-refractivity contribution >= 4 is 21.6 Å². The highest BCUT2D eigenvalue weighted by atomic mass is 35.5. The van der Waals surface area contributed by atoms with Crippen LogP contribution in [0, 0.1) is 0 Å². The van der Waals surface area contributed by atoms with E-state index in [0.29, 0.717) is 10.8 Å². The van der Waals surface area contributed by atoms with Gasteiger partial charge in [-0.05, 0) is 30.3 Å². The molecule has 8 nitrogen and oxygen atoms in total. The third-order valence-electron chi connectivity index (χ3n) is 3.31. The Bertz CT molecular complexity index is 1030. The van der Waals surface area contributed by atoms with Gasteiger partial charge in [0.15, 0.2) is 5.82 Å². The predicted molar refractivity (Wildman–Crippen MR) is 92.3 cm³/mol. The molecule has 0 amide bonds. The van der Waals surface area contributed by atoms with Crippen LogP contribution < -0.4 is 10.3 Å². The zero-order valence-electron chi connectivity index (χ0n) is 12.9. The van der Waals surface area contributed by atoms with Gasteiger partial charge in [-0.1, -0.05) is 17.7 Å². The second-order valence-corrected chi connectivity index (χ2v) is 7.26. The predicted octanol–water partition coefficient (Wildman–Crippen LogP) is 1.06. The van der Waals surface area contributed by atoms with Crippen LogP contribution in [0.1, 0.15) is 0 Å². The number of nitrogens with zero attached hydrogens (tertiary/aromatic N) is 4. The van der Waals surface area contributed by atoms with Crippen molar-refractivity contribution < 1.29 is 8.42 Å². The Morgan fingerprint density at radius 3 is 2.72 bits per heavy atom. The first-order valence-electron chi connectivity index (χ1n) is 7.29. The van der Waals surface area contributed by atoms with Crippen LogP contribution in [-0.2, 0) is 16.6 Å². The van der Waals surface area contributed by atoms with E-state index >= 15 is 0 Å². The lowest BCUT2D eigenvalue weighted by molar-refractivity contribution is 0.542. The minimum absolute atomic E-state index is 0.00428. The maximum Gasteiger partial charge on any atom is 0.266 e. The van der Waals surface area contributed by atoms with Gasteiger partial charge < -0.3 is 0 Å². The quantitative estimate of drug-likeness (QED) is 0.690. The molecule has 0 saturated heterocycles. The molecule has 0 saturated carbocycles. The summed E-state index contributed by atoms with van der Waals surface area (Å²) >= 11 is 5.81. The first kappa shape index (κ1) is 17.3. The van der Waals surface area contributed by atoms with E-state index in [1.165, 1.54) is 27.6 Å². The maximum absolute atomic E-state index is 12.2. The molecule has 0 aliphatic carbocycles. The van der Waals surface area contributed by atoms with Crippen molar-refractivity contribution in [3.8, 4) is 5.82 Å². The van der Waals surface area contributed by atoms with Crippen molar-refractivity contribution in [1.29, 1.82) is 0 Å². The van der Waals surface area contributed by atoms with E-state index in [0.717, 1.165) is 0 Å².